The van der Waals surface area contributed by atoms with E-state index in [9.17, 15) is 14.4 Å². The summed E-state index contributed by atoms with van der Waals surface area (Å²) in [4.78, 5) is 23.6. The zero-order chi connectivity index (χ0) is 17.4. The van der Waals surface area contributed by atoms with Gasteiger partial charge in [0, 0.05) is 17.0 Å². The second kappa shape index (κ2) is 5.83. The van der Waals surface area contributed by atoms with Gasteiger partial charge in [-0.1, -0.05) is 24.3 Å². The monoisotopic (exact) mass is 333 g/mol. The topological polar surface area (TPSA) is 73.1 Å². The Morgan fingerprint density at radius 2 is 2.00 bits per heavy atom. The minimum absolute atomic E-state index is 0.172. The van der Waals surface area contributed by atoms with E-state index in [1.54, 1.807) is 12.4 Å². The van der Waals surface area contributed by atoms with E-state index in [4.69, 9.17) is 0 Å². The van der Waals surface area contributed by atoms with Gasteiger partial charge in [-0.15, -0.1) is 0 Å². The third-order valence-corrected chi connectivity index (χ3v) is 4.18. The van der Waals surface area contributed by atoms with Gasteiger partial charge in [0.15, 0.2) is 0 Å². The highest BCUT2D eigenvalue weighted by Crippen LogP contribution is 2.32. The number of benzene rings is 1. The van der Waals surface area contributed by atoms with Crippen molar-refractivity contribution >= 4 is 28.2 Å². The van der Waals surface area contributed by atoms with Crippen LogP contribution in [-0.2, 0) is 0 Å². The number of urea groups is 1. The third-order valence-electron chi connectivity index (χ3n) is 4.18. The summed E-state index contributed by atoms with van der Waals surface area (Å²) < 4.78 is 13.0. The van der Waals surface area contributed by atoms with E-state index in [0.717, 1.165) is 10.8 Å². The molecule has 122 valence electrons. The maximum Gasteiger partial charge on any atom is 0.330 e. The van der Waals surface area contributed by atoms with Gasteiger partial charge in [0.1, 0.15) is 6.04 Å². The summed E-state index contributed by atoms with van der Waals surface area (Å²) in [7, 11) is 0. The summed E-state index contributed by atoms with van der Waals surface area (Å²) >= 11 is 0. The summed E-state index contributed by atoms with van der Waals surface area (Å²) in [6.07, 6.45) is 4.58. The van der Waals surface area contributed by atoms with Gasteiger partial charge in [-0.3, -0.25) is 14.8 Å². The van der Waals surface area contributed by atoms with Crippen molar-refractivity contribution in [1.82, 2.24) is 9.97 Å². The summed E-state index contributed by atoms with van der Waals surface area (Å²) in [5.41, 5.74) is 1.02. The van der Waals surface area contributed by atoms with Crippen molar-refractivity contribution in [1.29, 1.82) is 5.26 Å². The lowest BCUT2D eigenvalue weighted by atomic mass is 10.1. The Morgan fingerprint density at radius 3 is 2.76 bits per heavy atom. The van der Waals surface area contributed by atoms with Gasteiger partial charge in [-0.25, -0.2) is 9.78 Å². The van der Waals surface area contributed by atoms with E-state index in [1.165, 1.54) is 28.1 Å². The van der Waals surface area contributed by atoms with Crippen molar-refractivity contribution in [3.8, 4) is 6.07 Å². The molecule has 0 bridgehead atoms. The van der Waals surface area contributed by atoms with Gasteiger partial charge in [-0.05, 0) is 12.1 Å². The molecule has 0 radical (unpaired) electrons. The smallest absolute Gasteiger partial charge is 0.289 e. The van der Waals surface area contributed by atoms with Crippen molar-refractivity contribution in [3.05, 3.63) is 60.9 Å². The zero-order valence-corrected chi connectivity index (χ0v) is 13.0. The maximum absolute atomic E-state index is 13.0. The van der Waals surface area contributed by atoms with Crippen LogP contribution >= 0.6 is 0 Å². The van der Waals surface area contributed by atoms with E-state index >= 15 is 0 Å². The van der Waals surface area contributed by atoms with Crippen molar-refractivity contribution in [2.75, 3.05) is 16.3 Å². The molecule has 1 atom stereocenters. The lowest BCUT2D eigenvalue weighted by molar-refractivity contribution is 0.255. The van der Waals surface area contributed by atoms with Crippen LogP contribution in [0.25, 0.3) is 10.8 Å². The molecule has 2 amide bonds. The molecule has 1 saturated heterocycles. The van der Waals surface area contributed by atoms with Crippen LogP contribution in [0.1, 0.15) is 0 Å². The first-order valence-corrected chi connectivity index (χ1v) is 7.63. The van der Waals surface area contributed by atoms with Gasteiger partial charge in [0.2, 0.25) is 5.95 Å². The number of hydrogen-bond donors (Lipinski definition) is 0. The fourth-order valence-corrected chi connectivity index (χ4v) is 3.00. The number of amides is 2. The van der Waals surface area contributed by atoms with Crippen LogP contribution < -0.4 is 9.80 Å². The van der Waals surface area contributed by atoms with Crippen LogP contribution in [0, 0.1) is 17.3 Å². The Bertz CT molecular complexity index is 993. The van der Waals surface area contributed by atoms with Crippen LogP contribution in [0.15, 0.2) is 55.0 Å². The molecule has 6 nitrogen and oxygen atoms in total. The molecular weight excluding hydrogens is 321 g/mol. The van der Waals surface area contributed by atoms with Gasteiger partial charge in [-0.2, -0.15) is 9.65 Å². The van der Waals surface area contributed by atoms with Crippen molar-refractivity contribution in [3.63, 3.8) is 0 Å². The lowest BCUT2D eigenvalue weighted by Crippen LogP contribution is -2.34. The average Bonchev–Trinajstić information content (AvgIpc) is 2.98. The molecule has 1 aliphatic rings. The predicted octanol–water partition coefficient (Wildman–Crippen LogP) is 3.11. The number of anilines is 2. The van der Waals surface area contributed by atoms with Crippen LogP contribution in [-0.4, -0.2) is 28.6 Å². The predicted molar refractivity (Wildman–Crippen MR) is 90.6 cm³/mol. The SMILES string of the molecule is N#CC1CN(c2ccc(F)nc2)C(=O)N1c1cncc2ccccc12. The summed E-state index contributed by atoms with van der Waals surface area (Å²) in [5.74, 6) is -0.623. The van der Waals surface area contributed by atoms with Crippen LogP contribution in [0.2, 0.25) is 0 Å². The highest BCUT2D eigenvalue weighted by molar-refractivity contribution is 6.11. The van der Waals surface area contributed by atoms with E-state index in [2.05, 4.69) is 16.0 Å². The molecule has 2 aromatic heterocycles. The third kappa shape index (κ3) is 2.44. The zero-order valence-electron chi connectivity index (χ0n) is 13.0. The first-order valence-electron chi connectivity index (χ1n) is 7.63. The Balaban J connectivity index is 1.80. The highest BCUT2D eigenvalue weighted by atomic mass is 19.1. The van der Waals surface area contributed by atoms with Gasteiger partial charge < -0.3 is 0 Å². The molecular formula is C18H12FN5O. The van der Waals surface area contributed by atoms with E-state index < -0.39 is 12.0 Å². The molecule has 1 aromatic carbocycles. The van der Waals surface area contributed by atoms with E-state index in [1.807, 2.05) is 24.3 Å². The summed E-state index contributed by atoms with van der Waals surface area (Å²) in [6, 6.07) is 11.3. The fraction of sp³-hybridized carbons (Fsp3) is 0.111. The van der Waals surface area contributed by atoms with E-state index in [0.29, 0.717) is 11.4 Å². The number of nitrogens with zero attached hydrogens (tertiary/aromatic N) is 5. The maximum atomic E-state index is 13.0. The largest absolute Gasteiger partial charge is 0.330 e. The number of nitriles is 1. The van der Waals surface area contributed by atoms with Crippen LogP contribution in [0.3, 0.4) is 0 Å². The lowest BCUT2D eigenvalue weighted by Gasteiger charge is -2.20. The molecule has 0 aliphatic carbocycles. The molecule has 0 N–H and O–H groups in total. The molecule has 1 unspecified atom stereocenters. The second-order valence-corrected chi connectivity index (χ2v) is 5.63. The standard InChI is InChI=1S/C18H12FN5O/c19-17-6-5-13(9-22-17)23-11-14(7-20)24(18(23)25)16-10-21-8-12-3-1-2-4-15(12)16/h1-6,8-10,14H,11H2. The van der Waals surface area contributed by atoms with Gasteiger partial charge >= 0.3 is 6.03 Å². The quantitative estimate of drug-likeness (QED) is 0.676. The van der Waals surface area contributed by atoms with Crippen molar-refractivity contribution < 1.29 is 9.18 Å². The molecule has 0 spiro atoms. The fourth-order valence-electron chi connectivity index (χ4n) is 3.00. The highest BCUT2D eigenvalue weighted by Gasteiger charge is 2.40. The van der Waals surface area contributed by atoms with E-state index in [-0.39, 0.29) is 12.6 Å². The molecule has 7 heteroatoms. The number of carbonyl (C=O) groups excluding carboxylic acids is 1. The van der Waals surface area contributed by atoms with Crippen LogP contribution in [0.4, 0.5) is 20.6 Å². The number of pyridine rings is 2. The normalized spacial score (nSPS) is 17.1. The Morgan fingerprint density at radius 1 is 1.16 bits per heavy atom. The Labute approximate surface area is 142 Å². The van der Waals surface area contributed by atoms with Crippen molar-refractivity contribution in [2.45, 2.75) is 6.04 Å². The Hall–Kier alpha value is -3.53. The molecule has 25 heavy (non-hydrogen) atoms. The number of aromatic nitrogens is 2. The molecule has 0 saturated carbocycles. The first-order chi connectivity index (χ1) is 12.2. The van der Waals surface area contributed by atoms with Crippen molar-refractivity contribution in [2.24, 2.45) is 0 Å². The minimum Gasteiger partial charge on any atom is -0.289 e. The molecule has 3 aromatic rings. The van der Waals surface area contributed by atoms with Gasteiger partial charge in [0.05, 0.1) is 36.4 Å². The second-order valence-electron chi connectivity index (χ2n) is 5.63. The Kier molecular flexibility index (Phi) is 3.51. The minimum atomic E-state index is -0.676. The molecule has 4 rings (SSSR count). The molecule has 1 fully saturated rings. The van der Waals surface area contributed by atoms with Crippen LogP contribution in [0.5, 0.6) is 0 Å². The number of carbonyl (C=O) groups is 1. The summed E-state index contributed by atoms with van der Waals surface area (Å²) in [6.45, 7) is 0.172. The molecule has 1 aliphatic heterocycles. The van der Waals surface area contributed by atoms with Gasteiger partial charge in [0.25, 0.3) is 0 Å². The first kappa shape index (κ1) is 15.0. The number of hydrogen-bond acceptors (Lipinski definition) is 4. The molecule has 3 heterocycles. The average molecular weight is 333 g/mol. The number of rotatable bonds is 2. The number of halogens is 1. The number of fused-ring (bicyclic) bond motifs is 1. The summed E-state index contributed by atoms with van der Waals surface area (Å²) in [5, 5.41) is 11.2.